The van der Waals surface area contributed by atoms with Gasteiger partial charge in [0.15, 0.2) is 5.78 Å². The summed E-state index contributed by atoms with van der Waals surface area (Å²) in [5.74, 6) is -1.76. The minimum atomic E-state index is -1.60. The molecule has 0 spiro atoms. The maximum atomic E-state index is 13.1. The maximum absolute atomic E-state index is 13.1. The molecule has 0 aromatic carbocycles. The first-order valence-electron chi connectivity index (χ1n) is 16.1. The first kappa shape index (κ1) is 31.4. The minimum absolute atomic E-state index is 0.0927. The van der Waals surface area contributed by atoms with E-state index in [4.69, 9.17) is 4.74 Å². The van der Waals surface area contributed by atoms with Crippen LogP contribution in [0.25, 0.3) is 0 Å². The van der Waals surface area contributed by atoms with Crippen molar-refractivity contribution in [3.8, 4) is 0 Å². The fourth-order valence-electron chi connectivity index (χ4n) is 8.89. The lowest BCUT2D eigenvalue weighted by Gasteiger charge is -2.46. The van der Waals surface area contributed by atoms with E-state index in [0.29, 0.717) is 17.6 Å². The zero-order chi connectivity index (χ0) is 29.3. The number of aliphatic hydroxyl groups is 3. The van der Waals surface area contributed by atoms with Crippen molar-refractivity contribution >= 4 is 11.8 Å². The molecule has 0 radical (unpaired) electrons. The number of esters is 1. The Hall–Kier alpha value is -1.50. The number of aliphatic hydroxyl groups excluding tert-OH is 2. The fourth-order valence-corrected chi connectivity index (χ4v) is 8.89. The molecule has 4 aliphatic rings. The molecule has 2 fully saturated rings. The highest BCUT2D eigenvalue weighted by atomic mass is 16.6. The summed E-state index contributed by atoms with van der Waals surface area (Å²) in [6, 6.07) is 0. The maximum Gasteiger partial charge on any atom is 0.306 e. The molecule has 6 nitrogen and oxygen atoms in total. The lowest BCUT2D eigenvalue weighted by molar-refractivity contribution is -0.178. The van der Waals surface area contributed by atoms with Gasteiger partial charge in [0.2, 0.25) is 0 Å². The number of Topliss-reactive ketones (excluding diaryl/α,β-unsaturated/α-hetero) is 1. The quantitative estimate of drug-likeness (QED) is 0.136. The molecule has 3 N–H and O–H groups in total. The summed E-state index contributed by atoms with van der Waals surface area (Å²) in [5.41, 5.74) is -1.88. The topological polar surface area (TPSA) is 104 Å². The first-order valence-corrected chi connectivity index (χ1v) is 16.1. The Kier molecular flexibility index (Phi) is 9.74. The van der Waals surface area contributed by atoms with Gasteiger partial charge in [0.05, 0.1) is 12.7 Å². The van der Waals surface area contributed by atoms with Gasteiger partial charge >= 0.3 is 5.97 Å². The third-order valence-electron chi connectivity index (χ3n) is 11.1. The number of unbranched alkanes of at least 4 members (excludes halogenated alkanes) is 10. The highest BCUT2D eigenvalue weighted by Gasteiger charge is 2.83. The summed E-state index contributed by atoms with van der Waals surface area (Å²) >= 11 is 0. The fraction of sp³-hybridized carbons (Fsp3) is 0.824. The molecule has 0 heterocycles. The molecule has 4 aliphatic carbocycles. The molecule has 1 unspecified atom stereocenters. The number of hydrogen-bond donors (Lipinski definition) is 3. The molecule has 2 saturated carbocycles. The third-order valence-corrected chi connectivity index (χ3v) is 11.1. The van der Waals surface area contributed by atoms with Crippen molar-refractivity contribution < 1.29 is 29.6 Å². The van der Waals surface area contributed by atoms with E-state index in [1.54, 1.807) is 6.92 Å². The van der Waals surface area contributed by atoms with Crippen LogP contribution in [0.2, 0.25) is 0 Å². The van der Waals surface area contributed by atoms with Crippen molar-refractivity contribution in [1.29, 1.82) is 0 Å². The van der Waals surface area contributed by atoms with Gasteiger partial charge in [0, 0.05) is 30.1 Å². The van der Waals surface area contributed by atoms with Crippen LogP contribution in [0.1, 0.15) is 118 Å². The van der Waals surface area contributed by atoms with E-state index < -0.39 is 28.6 Å². The minimum Gasteiger partial charge on any atom is -0.455 e. The molecule has 8 atom stereocenters. The second-order valence-corrected chi connectivity index (χ2v) is 14.0. The molecule has 0 aromatic heterocycles. The molecule has 40 heavy (non-hydrogen) atoms. The van der Waals surface area contributed by atoms with Gasteiger partial charge in [-0.15, -0.1) is 0 Å². The molecule has 0 aromatic rings. The van der Waals surface area contributed by atoms with E-state index in [2.05, 4.69) is 20.8 Å². The van der Waals surface area contributed by atoms with Crippen LogP contribution < -0.4 is 0 Å². The van der Waals surface area contributed by atoms with Crippen molar-refractivity contribution in [1.82, 2.24) is 0 Å². The third kappa shape index (κ3) is 5.38. The molecule has 0 bridgehead atoms. The monoisotopic (exact) mass is 558 g/mol. The highest BCUT2D eigenvalue weighted by Crippen LogP contribution is 2.75. The Bertz CT molecular complexity index is 996. The van der Waals surface area contributed by atoms with Crippen LogP contribution >= 0.6 is 0 Å². The lowest BCUT2D eigenvalue weighted by atomic mass is 9.62. The Morgan fingerprint density at radius 3 is 2.15 bits per heavy atom. The standard InChI is InChI=1S/C34H54O6/c1-6-7-8-9-10-11-12-13-14-15-16-17-27(36)40-34-29(32(34,4)5)25-19-24(21-35)20-33(39)26(18-22(2)30(33)37)28(25)23(3)31(34)38/h18-19,23,25-26,28-29,31,35,38-39H,6-17,20-21H2,1-5H3/t23-,25+,26-,28?,29+,31+,33+,34+/m0/s1. The number of carbonyl (C=O) groups is 2. The van der Waals surface area contributed by atoms with Crippen molar-refractivity contribution in [2.75, 3.05) is 6.61 Å². The van der Waals surface area contributed by atoms with Crippen LogP contribution in [0.5, 0.6) is 0 Å². The van der Waals surface area contributed by atoms with Gasteiger partial charge in [-0.2, -0.15) is 0 Å². The van der Waals surface area contributed by atoms with Gasteiger partial charge in [-0.05, 0) is 42.2 Å². The van der Waals surface area contributed by atoms with Gasteiger partial charge in [-0.1, -0.05) is 104 Å². The van der Waals surface area contributed by atoms with Gasteiger partial charge in [-0.3, -0.25) is 9.59 Å². The Balaban J connectivity index is 1.37. The zero-order valence-electron chi connectivity index (χ0n) is 25.6. The van der Waals surface area contributed by atoms with E-state index in [-0.39, 0.29) is 48.5 Å². The predicted molar refractivity (Wildman–Crippen MR) is 156 cm³/mol. The number of hydrogen-bond acceptors (Lipinski definition) is 6. The second-order valence-electron chi connectivity index (χ2n) is 14.0. The molecule has 226 valence electrons. The van der Waals surface area contributed by atoms with E-state index in [1.165, 1.54) is 51.4 Å². The van der Waals surface area contributed by atoms with Crippen molar-refractivity contribution in [2.24, 2.45) is 35.0 Å². The van der Waals surface area contributed by atoms with Crippen LogP contribution in [-0.4, -0.2) is 51.0 Å². The van der Waals surface area contributed by atoms with Crippen LogP contribution in [0.4, 0.5) is 0 Å². The number of carbonyl (C=O) groups excluding carboxylic acids is 2. The molecular formula is C34H54O6. The smallest absolute Gasteiger partial charge is 0.306 e. The summed E-state index contributed by atoms with van der Waals surface area (Å²) in [6.45, 7) is 9.80. The molecule has 0 amide bonds. The summed E-state index contributed by atoms with van der Waals surface area (Å²) in [4.78, 5) is 26.2. The highest BCUT2D eigenvalue weighted by molar-refractivity contribution is 6.04. The lowest BCUT2D eigenvalue weighted by Crippen LogP contribution is -2.54. The van der Waals surface area contributed by atoms with Crippen molar-refractivity contribution in [3.05, 3.63) is 23.3 Å². The number of ketones is 1. The second kappa shape index (κ2) is 12.4. The van der Waals surface area contributed by atoms with Crippen LogP contribution in [0.3, 0.4) is 0 Å². The summed E-state index contributed by atoms with van der Waals surface area (Å²) in [5, 5.41) is 33.5. The van der Waals surface area contributed by atoms with E-state index in [0.717, 1.165) is 19.3 Å². The van der Waals surface area contributed by atoms with Crippen molar-refractivity contribution in [3.63, 3.8) is 0 Å². The first-order chi connectivity index (χ1) is 19.0. The zero-order valence-corrected chi connectivity index (χ0v) is 25.6. The number of rotatable bonds is 14. The van der Waals surface area contributed by atoms with Crippen LogP contribution in [-0.2, 0) is 14.3 Å². The van der Waals surface area contributed by atoms with Gasteiger partial charge in [-0.25, -0.2) is 0 Å². The average Bonchev–Trinajstić information content (AvgIpc) is 3.37. The normalized spacial score (nSPS) is 37.5. The average molecular weight is 559 g/mol. The summed E-state index contributed by atoms with van der Waals surface area (Å²) in [6.07, 6.45) is 16.8. The van der Waals surface area contributed by atoms with Gasteiger partial charge in [0.25, 0.3) is 0 Å². The summed E-state index contributed by atoms with van der Waals surface area (Å²) in [7, 11) is 0. The molecule has 6 heteroatoms. The van der Waals surface area contributed by atoms with Crippen molar-refractivity contribution in [2.45, 2.75) is 135 Å². The van der Waals surface area contributed by atoms with Crippen LogP contribution in [0, 0.1) is 35.0 Å². The molecule has 0 saturated heterocycles. The Morgan fingerprint density at radius 2 is 1.57 bits per heavy atom. The van der Waals surface area contributed by atoms with E-state index in [9.17, 15) is 24.9 Å². The number of allylic oxidation sites excluding steroid dienone is 1. The van der Waals surface area contributed by atoms with Gasteiger partial charge < -0.3 is 20.1 Å². The molecule has 4 rings (SSSR count). The Labute approximate surface area is 241 Å². The predicted octanol–water partition coefficient (Wildman–Crippen LogP) is 6.07. The SMILES string of the molecule is CCCCCCCCCCCCCC(=O)O[C@@]12[C@H](O)[C@@H](C)C3[C@@H](C=C(CO)C[C@]4(O)C(=O)C(C)=C[C@@H]34)[C@@H]1C2(C)C. The molecular weight excluding hydrogens is 504 g/mol. The number of ether oxygens (including phenoxy) is 1. The largest absolute Gasteiger partial charge is 0.455 e. The van der Waals surface area contributed by atoms with E-state index in [1.807, 2.05) is 19.1 Å². The molecule has 0 aliphatic heterocycles. The summed E-state index contributed by atoms with van der Waals surface area (Å²) < 4.78 is 6.25. The van der Waals surface area contributed by atoms with E-state index >= 15 is 0 Å². The van der Waals surface area contributed by atoms with Crippen LogP contribution in [0.15, 0.2) is 23.3 Å². The van der Waals surface area contributed by atoms with Gasteiger partial charge in [0.1, 0.15) is 11.2 Å². The Morgan fingerprint density at radius 1 is 1.00 bits per heavy atom. The number of fused-ring (bicyclic) bond motifs is 5.